The fourth-order valence-corrected chi connectivity index (χ4v) is 3.77. The van der Waals surface area contributed by atoms with Gasteiger partial charge in [0.2, 0.25) is 0 Å². The second kappa shape index (κ2) is 8.87. The van der Waals surface area contributed by atoms with E-state index in [-0.39, 0.29) is 0 Å². The number of hydrogen-bond donors (Lipinski definition) is 2. The Kier molecular flexibility index (Phi) is 5.85. The standard InChI is InChI=1S/C27H26N2/c1-22-17-19-23(20-18-22)21-28-29-27(24-11-5-2-6-12-24,25-13-7-3-8-14-25)26-15-9-4-10-16-26/h2-20,28-29H,21H2,1H3. The van der Waals surface area contributed by atoms with Gasteiger partial charge in [0.25, 0.3) is 0 Å². The smallest absolute Gasteiger partial charge is 0.107 e. The summed E-state index contributed by atoms with van der Waals surface area (Å²) in [6.07, 6.45) is 0. The van der Waals surface area contributed by atoms with E-state index in [0.717, 1.165) is 6.54 Å². The largest absolute Gasteiger partial charge is 0.252 e. The number of benzene rings is 4. The van der Waals surface area contributed by atoms with E-state index in [1.54, 1.807) is 0 Å². The fourth-order valence-electron chi connectivity index (χ4n) is 3.77. The van der Waals surface area contributed by atoms with Gasteiger partial charge in [-0.1, -0.05) is 121 Å². The Labute approximate surface area is 173 Å². The van der Waals surface area contributed by atoms with Crippen LogP contribution in [0.2, 0.25) is 0 Å². The third kappa shape index (κ3) is 4.14. The van der Waals surface area contributed by atoms with Crippen LogP contribution >= 0.6 is 0 Å². The second-order valence-corrected chi connectivity index (χ2v) is 7.31. The molecule has 0 spiro atoms. The molecule has 2 nitrogen and oxygen atoms in total. The Balaban J connectivity index is 1.76. The summed E-state index contributed by atoms with van der Waals surface area (Å²) in [5, 5.41) is 0. The Morgan fingerprint density at radius 1 is 0.552 bits per heavy atom. The molecule has 144 valence electrons. The second-order valence-electron chi connectivity index (χ2n) is 7.31. The first-order chi connectivity index (χ1) is 14.3. The molecule has 0 saturated heterocycles. The zero-order valence-electron chi connectivity index (χ0n) is 16.7. The van der Waals surface area contributed by atoms with E-state index in [0.29, 0.717) is 0 Å². The summed E-state index contributed by atoms with van der Waals surface area (Å²) < 4.78 is 0. The summed E-state index contributed by atoms with van der Waals surface area (Å²) in [4.78, 5) is 0. The number of hydrazine groups is 1. The monoisotopic (exact) mass is 378 g/mol. The van der Waals surface area contributed by atoms with Crippen LogP contribution in [0.4, 0.5) is 0 Å². The summed E-state index contributed by atoms with van der Waals surface area (Å²) >= 11 is 0. The first-order valence-electron chi connectivity index (χ1n) is 10.0. The molecule has 0 aromatic heterocycles. The minimum absolute atomic E-state index is 0.505. The van der Waals surface area contributed by atoms with Crippen molar-refractivity contribution in [1.29, 1.82) is 0 Å². The van der Waals surface area contributed by atoms with Crippen LogP contribution in [0.25, 0.3) is 0 Å². The van der Waals surface area contributed by atoms with Crippen molar-refractivity contribution in [3.05, 3.63) is 143 Å². The quantitative estimate of drug-likeness (QED) is 0.324. The average molecular weight is 379 g/mol. The lowest BCUT2D eigenvalue weighted by Crippen LogP contribution is -2.51. The molecule has 29 heavy (non-hydrogen) atoms. The van der Waals surface area contributed by atoms with Crippen LogP contribution in [0.15, 0.2) is 115 Å². The Morgan fingerprint density at radius 2 is 0.966 bits per heavy atom. The van der Waals surface area contributed by atoms with Gasteiger partial charge in [-0.25, -0.2) is 5.43 Å². The highest BCUT2D eigenvalue weighted by atomic mass is 15.4. The van der Waals surface area contributed by atoms with Crippen LogP contribution in [0.3, 0.4) is 0 Å². The lowest BCUT2D eigenvalue weighted by atomic mass is 9.77. The maximum atomic E-state index is 3.70. The van der Waals surface area contributed by atoms with Crippen molar-refractivity contribution < 1.29 is 0 Å². The van der Waals surface area contributed by atoms with E-state index in [9.17, 15) is 0 Å². The minimum atomic E-state index is -0.505. The lowest BCUT2D eigenvalue weighted by molar-refractivity contribution is 0.388. The molecular formula is C27H26N2. The third-order valence-corrected chi connectivity index (χ3v) is 5.31. The van der Waals surface area contributed by atoms with Crippen molar-refractivity contribution in [2.24, 2.45) is 0 Å². The van der Waals surface area contributed by atoms with Crippen molar-refractivity contribution in [3.63, 3.8) is 0 Å². The topological polar surface area (TPSA) is 24.1 Å². The molecule has 2 heteroatoms. The number of nitrogens with one attached hydrogen (secondary N) is 2. The molecule has 0 aliphatic heterocycles. The van der Waals surface area contributed by atoms with Gasteiger partial charge >= 0.3 is 0 Å². The maximum absolute atomic E-state index is 3.70. The average Bonchev–Trinajstić information content (AvgIpc) is 2.80. The molecule has 2 N–H and O–H groups in total. The highest BCUT2D eigenvalue weighted by Crippen LogP contribution is 2.36. The van der Waals surface area contributed by atoms with Crippen LogP contribution in [-0.2, 0) is 12.1 Å². The van der Waals surface area contributed by atoms with E-state index in [2.05, 4.69) is 133 Å². The van der Waals surface area contributed by atoms with Crippen LogP contribution in [0.1, 0.15) is 27.8 Å². The summed E-state index contributed by atoms with van der Waals surface area (Å²) in [6.45, 7) is 2.84. The van der Waals surface area contributed by atoms with Crippen LogP contribution in [0.5, 0.6) is 0 Å². The van der Waals surface area contributed by atoms with Crippen molar-refractivity contribution in [2.45, 2.75) is 19.0 Å². The molecular weight excluding hydrogens is 352 g/mol. The Bertz CT molecular complexity index is 914. The zero-order chi connectivity index (χ0) is 19.9. The first-order valence-corrected chi connectivity index (χ1v) is 10.0. The molecule has 0 atom stereocenters. The third-order valence-electron chi connectivity index (χ3n) is 5.31. The molecule has 0 saturated carbocycles. The van der Waals surface area contributed by atoms with Gasteiger partial charge in [0.05, 0.1) is 0 Å². The molecule has 4 aromatic rings. The number of hydrogen-bond acceptors (Lipinski definition) is 2. The van der Waals surface area contributed by atoms with Gasteiger partial charge in [-0.3, -0.25) is 5.43 Å². The number of rotatable bonds is 7. The Hall–Kier alpha value is -3.20. The van der Waals surface area contributed by atoms with Crippen molar-refractivity contribution >= 4 is 0 Å². The molecule has 0 aliphatic carbocycles. The summed E-state index contributed by atoms with van der Waals surface area (Å²) in [6, 6.07) is 40.5. The molecule has 4 aromatic carbocycles. The molecule has 0 fully saturated rings. The predicted molar refractivity (Wildman–Crippen MR) is 120 cm³/mol. The molecule has 0 unspecified atom stereocenters. The van der Waals surface area contributed by atoms with Gasteiger partial charge in [-0.2, -0.15) is 0 Å². The molecule has 0 radical (unpaired) electrons. The van der Waals surface area contributed by atoms with E-state index < -0.39 is 5.54 Å². The van der Waals surface area contributed by atoms with Crippen molar-refractivity contribution in [3.8, 4) is 0 Å². The van der Waals surface area contributed by atoms with Crippen molar-refractivity contribution in [1.82, 2.24) is 10.9 Å². The number of aryl methyl sites for hydroxylation is 1. The van der Waals surface area contributed by atoms with Crippen LogP contribution in [-0.4, -0.2) is 0 Å². The normalized spacial score (nSPS) is 11.3. The van der Waals surface area contributed by atoms with Gasteiger partial charge in [0.1, 0.15) is 5.54 Å². The van der Waals surface area contributed by atoms with E-state index >= 15 is 0 Å². The first kappa shape index (κ1) is 19.1. The van der Waals surface area contributed by atoms with Gasteiger partial charge in [0, 0.05) is 6.54 Å². The highest BCUT2D eigenvalue weighted by Gasteiger charge is 2.35. The Morgan fingerprint density at radius 3 is 1.38 bits per heavy atom. The zero-order valence-corrected chi connectivity index (χ0v) is 16.7. The van der Waals surface area contributed by atoms with Gasteiger partial charge in [-0.05, 0) is 29.2 Å². The molecule has 0 bridgehead atoms. The van der Waals surface area contributed by atoms with E-state index in [4.69, 9.17) is 0 Å². The molecule has 0 aliphatic rings. The van der Waals surface area contributed by atoms with Gasteiger partial charge in [-0.15, -0.1) is 0 Å². The SMILES string of the molecule is Cc1ccc(CNNC(c2ccccc2)(c2ccccc2)c2ccccc2)cc1. The lowest BCUT2D eigenvalue weighted by Gasteiger charge is -2.37. The van der Waals surface area contributed by atoms with Gasteiger partial charge in [0.15, 0.2) is 0 Å². The summed E-state index contributed by atoms with van der Waals surface area (Å²) in [5.41, 5.74) is 12.8. The minimum Gasteiger partial charge on any atom is -0.252 e. The molecule has 4 rings (SSSR count). The van der Waals surface area contributed by atoms with E-state index in [1.807, 2.05) is 0 Å². The summed E-state index contributed by atoms with van der Waals surface area (Å²) in [5.74, 6) is 0. The molecule has 0 heterocycles. The predicted octanol–water partition coefficient (Wildman–Crippen LogP) is 5.58. The summed E-state index contributed by atoms with van der Waals surface area (Å²) in [7, 11) is 0. The highest BCUT2D eigenvalue weighted by molar-refractivity contribution is 5.49. The fraction of sp³-hybridized carbons (Fsp3) is 0.111. The van der Waals surface area contributed by atoms with Crippen molar-refractivity contribution in [2.75, 3.05) is 0 Å². The van der Waals surface area contributed by atoms with Gasteiger partial charge < -0.3 is 0 Å². The van der Waals surface area contributed by atoms with Crippen LogP contribution in [0, 0.1) is 6.92 Å². The van der Waals surface area contributed by atoms with E-state index in [1.165, 1.54) is 27.8 Å². The molecule has 0 amide bonds. The maximum Gasteiger partial charge on any atom is 0.107 e. The van der Waals surface area contributed by atoms with Crippen LogP contribution < -0.4 is 10.9 Å².